The number of ether oxygens (including phenoxy) is 1. The van der Waals surface area contributed by atoms with Crippen LogP contribution in [-0.4, -0.2) is 22.7 Å². The van der Waals surface area contributed by atoms with E-state index in [1.54, 1.807) is 0 Å². The van der Waals surface area contributed by atoms with Gasteiger partial charge in [0.05, 0.1) is 34.1 Å². The first kappa shape index (κ1) is 23.7. The third-order valence-corrected chi connectivity index (χ3v) is 12.0. The number of benzene rings is 5. The van der Waals surface area contributed by atoms with E-state index in [1.165, 1.54) is 75.9 Å². The van der Waals surface area contributed by atoms with Crippen LogP contribution in [0.5, 0.6) is 11.5 Å². The van der Waals surface area contributed by atoms with Crippen LogP contribution in [0.1, 0.15) is 16.7 Å². The molecule has 1 spiro atoms. The molecule has 0 saturated carbocycles. The average molecular weight is 610 g/mol. The Hall–Kier alpha value is -5.59. The predicted octanol–water partition coefficient (Wildman–Crippen LogP) is 8.74. The normalized spacial score (nSPS) is 19.9. The molecule has 0 radical (unpaired) electrons. The smallest absolute Gasteiger partial charge is 0.296 e. The van der Waals surface area contributed by atoms with Crippen molar-refractivity contribution in [3.63, 3.8) is 0 Å². The van der Waals surface area contributed by atoms with Crippen molar-refractivity contribution < 1.29 is 9.30 Å². The predicted molar refractivity (Wildman–Crippen MR) is 185 cm³/mol. The Morgan fingerprint density at radius 1 is 0.696 bits per heavy atom. The molecule has 0 N–H and O–H groups in total. The van der Waals surface area contributed by atoms with Crippen molar-refractivity contribution in [1.29, 1.82) is 0 Å². The summed E-state index contributed by atoms with van der Waals surface area (Å²) in [6.07, 6.45) is 4.62. The number of fused-ring (bicyclic) bond motifs is 9. The van der Waals surface area contributed by atoms with E-state index in [1.807, 2.05) is 11.3 Å². The summed E-state index contributed by atoms with van der Waals surface area (Å²) in [5, 5.41) is 5.18. The average Bonchev–Trinajstić information content (AvgIpc) is 3.82. The first-order valence-electron chi connectivity index (χ1n) is 15.8. The van der Waals surface area contributed by atoms with Gasteiger partial charge in [-0.05, 0) is 60.7 Å². The Bertz CT molecular complexity index is 2740. The Labute approximate surface area is 268 Å². The zero-order valence-electron chi connectivity index (χ0n) is 24.8. The lowest BCUT2D eigenvalue weighted by Crippen LogP contribution is -2.69. The third kappa shape index (κ3) is 2.47. The number of hydrogen-bond acceptors (Lipinski definition) is 4. The monoisotopic (exact) mass is 609 g/mol. The van der Waals surface area contributed by atoms with Crippen molar-refractivity contribution in [3.05, 3.63) is 144 Å². The molecular weight excluding hydrogens is 585 g/mol. The van der Waals surface area contributed by atoms with Crippen molar-refractivity contribution in [2.45, 2.75) is 11.7 Å². The van der Waals surface area contributed by atoms with Gasteiger partial charge in [0, 0.05) is 44.4 Å². The highest BCUT2D eigenvalue weighted by Crippen LogP contribution is 2.63. The van der Waals surface area contributed by atoms with Crippen LogP contribution in [0, 0.1) is 0 Å². The lowest BCUT2D eigenvalue weighted by Gasteiger charge is -2.43. The molecule has 2 unspecified atom stereocenters. The van der Waals surface area contributed by atoms with E-state index in [0.29, 0.717) is 0 Å². The van der Waals surface area contributed by atoms with Gasteiger partial charge in [-0.15, -0.1) is 11.3 Å². The Morgan fingerprint density at radius 3 is 2.33 bits per heavy atom. The van der Waals surface area contributed by atoms with E-state index in [4.69, 9.17) is 4.74 Å². The molecule has 0 saturated heterocycles. The lowest BCUT2D eigenvalue weighted by molar-refractivity contribution is -0.728. The molecule has 0 bridgehead atoms. The van der Waals surface area contributed by atoms with E-state index in [2.05, 4.69) is 154 Å². The minimum absolute atomic E-state index is 0.0390. The van der Waals surface area contributed by atoms with Gasteiger partial charge in [0.25, 0.3) is 5.65 Å². The van der Waals surface area contributed by atoms with E-state index in [-0.39, 0.29) is 6.17 Å². The van der Waals surface area contributed by atoms with Crippen LogP contribution in [-0.2, 0) is 5.54 Å². The minimum Gasteiger partial charge on any atom is -0.456 e. The first-order chi connectivity index (χ1) is 22.7. The molecule has 46 heavy (non-hydrogen) atoms. The van der Waals surface area contributed by atoms with Gasteiger partial charge in [0.1, 0.15) is 22.7 Å². The molecule has 0 aliphatic carbocycles. The Kier molecular flexibility index (Phi) is 4.02. The topological polar surface area (TPSA) is 24.5 Å². The highest BCUT2D eigenvalue weighted by Gasteiger charge is 2.68. The zero-order valence-corrected chi connectivity index (χ0v) is 25.6. The summed E-state index contributed by atoms with van der Waals surface area (Å²) < 4.78 is 14.5. The Morgan fingerprint density at radius 2 is 1.43 bits per heavy atom. The fourth-order valence-corrected chi connectivity index (χ4v) is 10.3. The molecule has 12 rings (SSSR count). The number of pyridine rings is 1. The van der Waals surface area contributed by atoms with Crippen LogP contribution in [0.4, 0.5) is 5.69 Å². The van der Waals surface area contributed by atoms with E-state index in [9.17, 15) is 0 Å². The standard InChI is InChI=1S/C40H25N4OS/c1-41-31(23-18-19-26-25-10-3-5-17-34(25)46-35(26)21-23)22-42-29-13-6-15-32-36(29)40(39(41)42)37-30(14-7-16-33(37)45-32)44-28-12-4-2-9-24(28)27-11-8-20-43(40)38(27)44/h2-22,39H,1H3/q+1. The first-order valence-corrected chi connectivity index (χ1v) is 16.6. The number of hydrogen-bond donors (Lipinski definition) is 0. The second-order valence-electron chi connectivity index (χ2n) is 12.9. The molecule has 5 nitrogen and oxygen atoms in total. The molecule has 6 heteroatoms. The maximum atomic E-state index is 6.81. The van der Waals surface area contributed by atoms with Crippen LogP contribution in [0.25, 0.3) is 53.5 Å². The highest BCUT2D eigenvalue weighted by molar-refractivity contribution is 7.25. The van der Waals surface area contributed by atoms with Gasteiger partial charge in [-0.2, -0.15) is 4.57 Å². The van der Waals surface area contributed by atoms with E-state index in [0.717, 1.165) is 11.5 Å². The molecule has 0 amide bonds. The van der Waals surface area contributed by atoms with Gasteiger partial charge in [-0.1, -0.05) is 54.6 Å². The van der Waals surface area contributed by atoms with Crippen molar-refractivity contribution in [1.82, 2.24) is 9.47 Å². The Balaban J connectivity index is 1.18. The number of likely N-dealkylation sites (N-methyl/N-ethyl adjacent to an activating group) is 1. The van der Waals surface area contributed by atoms with E-state index >= 15 is 0 Å². The van der Waals surface area contributed by atoms with Crippen molar-refractivity contribution in [3.8, 4) is 17.2 Å². The molecule has 0 fully saturated rings. The molecule has 7 heterocycles. The molecule has 216 valence electrons. The molecule has 8 aromatic rings. The SMILES string of the molecule is CN1C(c2ccc3c(c2)sc2ccccc23)=CN2c3cccc4c3C3(c5c(cccc5-n5c6ccccc6c6ccc[n+]3c65)O4)C12. The summed E-state index contributed by atoms with van der Waals surface area (Å²) in [4.78, 5) is 5.01. The largest absolute Gasteiger partial charge is 0.456 e. The summed E-state index contributed by atoms with van der Waals surface area (Å²) in [6, 6.07) is 42.1. The minimum atomic E-state index is -0.547. The van der Waals surface area contributed by atoms with Gasteiger partial charge >= 0.3 is 0 Å². The van der Waals surface area contributed by atoms with Crippen molar-refractivity contribution >= 4 is 64.8 Å². The summed E-state index contributed by atoms with van der Waals surface area (Å²) >= 11 is 1.88. The second-order valence-corrected chi connectivity index (χ2v) is 13.9. The molecule has 4 aliphatic rings. The number of anilines is 1. The summed E-state index contributed by atoms with van der Waals surface area (Å²) in [5.41, 5.74) is 9.17. The number of thiophene rings is 1. The van der Waals surface area contributed by atoms with Crippen LogP contribution in [0.2, 0.25) is 0 Å². The quantitative estimate of drug-likeness (QED) is 0.174. The summed E-state index contributed by atoms with van der Waals surface area (Å²) in [6.45, 7) is 0. The molecule has 4 aliphatic heterocycles. The van der Waals surface area contributed by atoms with Gasteiger partial charge in [-0.25, -0.2) is 4.57 Å². The lowest BCUT2D eigenvalue weighted by atomic mass is 9.76. The van der Waals surface area contributed by atoms with Crippen LogP contribution in [0.15, 0.2) is 128 Å². The van der Waals surface area contributed by atoms with Gasteiger partial charge in [0.15, 0.2) is 6.17 Å². The number of para-hydroxylation sites is 1. The van der Waals surface area contributed by atoms with Crippen molar-refractivity contribution in [2.75, 3.05) is 11.9 Å². The number of aromatic nitrogens is 2. The zero-order chi connectivity index (χ0) is 29.9. The van der Waals surface area contributed by atoms with Gasteiger partial charge in [-0.3, -0.25) is 0 Å². The number of nitrogens with zero attached hydrogens (tertiary/aromatic N) is 4. The second kappa shape index (κ2) is 7.79. The fraction of sp³-hybridized carbons (Fsp3) is 0.0750. The van der Waals surface area contributed by atoms with Crippen molar-refractivity contribution in [2.24, 2.45) is 0 Å². The highest BCUT2D eigenvalue weighted by atomic mass is 32.1. The maximum Gasteiger partial charge on any atom is 0.296 e. The maximum absolute atomic E-state index is 6.81. The molecule has 3 aromatic heterocycles. The summed E-state index contributed by atoms with van der Waals surface area (Å²) in [5.74, 6) is 1.85. The van der Waals surface area contributed by atoms with Crippen LogP contribution < -0.4 is 14.2 Å². The summed E-state index contributed by atoms with van der Waals surface area (Å²) in [7, 11) is 2.27. The molecule has 2 atom stereocenters. The van der Waals surface area contributed by atoms with Gasteiger partial charge in [0.2, 0.25) is 5.54 Å². The fourth-order valence-electron chi connectivity index (χ4n) is 9.18. The van der Waals surface area contributed by atoms with Crippen LogP contribution in [0.3, 0.4) is 0 Å². The van der Waals surface area contributed by atoms with Crippen LogP contribution >= 0.6 is 11.3 Å². The number of rotatable bonds is 1. The third-order valence-electron chi connectivity index (χ3n) is 10.8. The van der Waals surface area contributed by atoms with E-state index < -0.39 is 5.54 Å². The molecular formula is C40H25N4OS+. The van der Waals surface area contributed by atoms with Gasteiger partial charge < -0.3 is 14.5 Å². The molecule has 5 aromatic carbocycles.